The third kappa shape index (κ3) is 1.58. The summed E-state index contributed by atoms with van der Waals surface area (Å²) >= 11 is 0. The summed E-state index contributed by atoms with van der Waals surface area (Å²) in [4.78, 5) is 14.4. The molecule has 0 unspecified atom stereocenters. The number of primary amides is 1. The zero-order valence-corrected chi connectivity index (χ0v) is 6.67. The Kier molecular flexibility index (Phi) is 2.38. The van der Waals surface area contributed by atoms with Crippen LogP contribution in [0.15, 0.2) is 12.1 Å². The number of aromatic nitrogens is 1. The van der Waals surface area contributed by atoms with Gasteiger partial charge in [0.1, 0.15) is 11.5 Å². The third-order valence-corrected chi connectivity index (χ3v) is 1.51. The molecule has 0 bridgehead atoms. The van der Waals surface area contributed by atoms with Gasteiger partial charge in [0.15, 0.2) is 0 Å². The molecule has 12 heavy (non-hydrogen) atoms. The van der Waals surface area contributed by atoms with Gasteiger partial charge in [0.25, 0.3) is 5.91 Å². The highest BCUT2D eigenvalue weighted by atomic mass is 19.1. The van der Waals surface area contributed by atoms with Crippen molar-refractivity contribution < 1.29 is 9.18 Å². The van der Waals surface area contributed by atoms with E-state index < -0.39 is 11.7 Å². The van der Waals surface area contributed by atoms with Crippen LogP contribution in [0.3, 0.4) is 0 Å². The molecule has 1 aromatic heterocycles. The number of nitrogens with two attached hydrogens (primary N) is 1. The van der Waals surface area contributed by atoms with Gasteiger partial charge in [0.05, 0.1) is 5.69 Å². The summed E-state index contributed by atoms with van der Waals surface area (Å²) in [6.45, 7) is 1.76. The van der Waals surface area contributed by atoms with E-state index >= 15 is 0 Å². The van der Waals surface area contributed by atoms with Crippen LogP contribution < -0.4 is 5.73 Å². The van der Waals surface area contributed by atoms with Gasteiger partial charge in [0, 0.05) is 0 Å². The minimum atomic E-state index is -0.635. The minimum absolute atomic E-state index is 0.105. The van der Waals surface area contributed by atoms with E-state index in [1.807, 2.05) is 0 Å². The molecule has 64 valence electrons. The fourth-order valence-electron chi connectivity index (χ4n) is 0.870. The van der Waals surface area contributed by atoms with E-state index in [9.17, 15) is 9.18 Å². The van der Waals surface area contributed by atoms with Gasteiger partial charge in [-0.1, -0.05) is 6.92 Å². The molecule has 0 aliphatic heterocycles. The second-order valence-electron chi connectivity index (χ2n) is 2.34. The molecule has 0 aromatic carbocycles. The van der Waals surface area contributed by atoms with Gasteiger partial charge in [0.2, 0.25) is 0 Å². The number of aryl methyl sites for hydroxylation is 1. The van der Waals surface area contributed by atoms with Crippen molar-refractivity contribution in [2.45, 2.75) is 13.3 Å². The molecule has 1 amide bonds. The first-order chi connectivity index (χ1) is 5.65. The fraction of sp³-hybridized carbons (Fsp3) is 0.250. The van der Waals surface area contributed by atoms with Crippen molar-refractivity contribution >= 4 is 5.91 Å². The van der Waals surface area contributed by atoms with Crippen molar-refractivity contribution in [2.75, 3.05) is 0 Å². The van der Waals surface area contributed by atoms with Crippen LogP contribution in [0.1, 0.15) is 23.1 Å². The van der Waals surface area contributed by atoms with Gasteiger partial charge < -0.3 is 5.73 Å². The number of nitrogens with zero attached hydrogens (tertiary/aromatic N) is 1. The van der Waals surface area contributed by atoms with Crippen molar-refractivity contribution in [3.8, 4) is 0 Å². The Hall–Kier alpha value is -1.45. The van der Waals surface area contributed by atoms with Crippen LogP contribution in [0.4, 0.5) is 4.39 Å². The highest BCUT2D eigenvalue weighted by molar-refractivity contribution is 5.90. The molecule has 0 radical (unpaired) electrons. The van der Waals surface area contributed by atoms with E-state index in [-0.39, 0.29) is 11.4 Å². The number of hydrogen-bond donors (Lipinski definition) is 1. The highest BCUT2D eigenvalue weighted by Gasteiger charge is 2.06. The number of carbonyl (C=O) groups excluding carboxylic acids is 1. The van der Waals surface area contributed by atoms with E-state index in [4.69, 9.17) is 5.73 Å². The maximum absolute atomic E-state index is 12.8. The molecular weight excluding hydrogens is 159 g/mol. The Morgan fingerprint density at radius 1 is 1.67 bits per heavy atom. The molecule has 0 aliphatic carbocycles. The van der Waals surface area contributed by atoms with E-state index in [0.717, 1.165) is 0 Å². The lowest BCUT2D eigenvalue weighted by atomic mass is 10.2. The molecule has 0 saturated carbocycles. The maximum Gasteiger partial charge on any atom is 0.267 e. The Morgan fingerprint density at radius 2 is 2.33 bits per heavy atom. The second-order valence-corrected chi connectivity index (χ2v) is 2.34. The first kappa shape index (κ1) is 8.64. The molecule has 1 heterocycles. The zero-order chi connectivity index (χ0) is 9.14. The van der Waals surface area contributed by atoms with Crippen LogP contribution >= 0.6 is 0 Å². The Balaban J connectivity index is 3.13. The lowest BCUT2D eigenvalue weighted by Gasteiger charge is -1.99. The number of pyridine rings is 1. The number of amides is 1. The molecule has 0 atom stereocenters. The van der Waals surface area contributed by atoms with Crippen LogP contribution in [0, 0.1) is 5.82 Å². The van der Waals surface area contributed by atoms with Gasteiger partial charge in [-0.15, -0.1) is 0 Å². The molecule has 3 nitrogen and oxygen atoms in total. The standard InChI is InChI=1S/C8H9FN2O/c1-2-6-5(9)3-4-7(11-6)8(10)12/h3-4H,2H2,1H3,(H2,10,12). The van der Waals surface area contributed by atoms with Gasteiger partial charge >= 0.3 is 0 Å². The topological polar surface area (TPSA) is 56.0 Å². The second kappa shape index (κ2) is 3.30. The van der Waals surface area contributed by atoms with E-state index in [2.05, 4.69) is 4.98 Å². The van der Waals surface area contributed by atoms with E-state index in [0.29, 0.717) is 6.42 Å². The summed E-state index contributed by atoms with van der Waals surface area (Å²) in [5, 5.41) is 0. The summed E-state index contributed by atoms with van der Waals surface area (Å²) in [5.74, 6) is -1.03. The summed E-state index contributed by atoms with van der Waals surface area (Å²) in [7, 11) is 0. The van der Waals surface area contributed by atoms with Crippen molar-refractivity contribution in [3.05, 3.63) is 29.3 Å². The maximum atomic E-state index is 12.8. The van der Waals surface area contributed by atoms with Crippen molar-refractivity contribution in [1.82, 2.24) is 4.98 Å². The Morgan fingerprint density at radius 3 is 2.83 bits per heavy atom. The lowest BCUT2D eigenvalue weighted by molar-refractivity contribution is 0.0995. The predicted octanol–water partition coefficient (Wildman–Crippen LogP) is 0.882. The average Bonchev–Trinajstić information content (AvgIpc) is 2.05. The SMILES string of the molecule is CCc1nc(C(N)=O)ccc1F. The molecule has 2 N–H and O–H groups in total. The average molecular weight is 168 g/mol. The zero-order valence-electron chi connectivity index (χ0n) is 6.67. The minimum Gasteiger partial charge on any atom is -0.364 e. The normalized spacial score (nSPS) is 9.83. The Labute approximate surface area is 69.4 Å². The fourth-order valence-corrected chi connectivity index (χ4v) is 0.870. The van der Waals surface area contributed by atoms with Crippen LogP contribution in [-0.4, -0.2) is 10.9 Å². The summed E-state index contributed by atoms with van der Waals surface area (Å²) in [6.07, 6.45) is 0.451. The monoisotopic (exact) mass is 168 g/mol. The smallest absolute Gasteiger partial charge is 0.267 e. The first-order valence-corrected chi connectivity index (χ1v) is 3.60. The van der Waals surface area contributed by atoms with Crippen LogP contribution in [0.25, 0.3) is 0 Å². The molecule has 4 heteroatoms. The van der Waals surface area contributed by atoms with E-state index in [1.54, 1.807) is 6.92 Å². The van der Waals surface area contributed by atoms with Gasteiger partial charge in [-0.25, -0.2) is 9.37 Å². The summed E-state index contributed by atoms with van der Waals surface area (Å²) < 4.78 is 12.8. The van der Waals surface area contributed by atoms with Crippen molar-refractivity contribution in [2.24, 2.45) is 5.73 Å². The molecule has 0 aliphatic rings. The molecule has 0 fully saturated rings. The highest BCUT2D eigenvalue weighted by Crippen LogP contribution is 2.05. The molecule has 1 aromatic rings. The van der Waals surface area contributed by atoms with Crippen LogP contribution in [0.5, 0.6) is 0 Å². The van der Waals surface area contributed by atoms with E-state index in [1.165, 1.54) is 12.1 Å². The number of rotatable bonds is 2. The third-order valence-electron chi connectivity index (χ3n) is 1.51. The summed E-state index contributed by atoms with van der Waals surface area (Å²) in [5.41, 5.74) is 5.34. The molecule has 0 spiro atoms. The predicted molar refractivity (Wildman–Crippen MR) is 42.1 cm³/mol. The van der Waals surface area contributed by atoms with Gasteiger partial charge in [-0.05, 0) is 18.6 Å². The largest absolute Gasteiger partial charge is 0.364 e. The van der Waals surface area contributed by atoms with Gasteiger partial charge in [-0.2, -0.15) is 0 Å². The number of halogens is 1. The van der Waals surface area contributed by atoms with Crippen molar-refractivity contribution in [3.63, 3.8) is 0 Å². The summed E-state index contributed by atoms with van der Waals surface area (Å²) in [6, 6.07) is 2.47. The first-order valence-electron chi connectivity index (χ1n) is 3.60. The quantitative estimate of drug-likeness (QED) is 0.712. The Bertz CT molecular complexity index is 312. The molecular formula is C8H9FN2O. The number of hydrogen-bond acceptors (Lipinski definition) is 2. The lowest BCUT2D eigenvalue weighted by Crippen LogP contribution is -2.14. The van der Waals surface area contributed by atoms with Crippen LogP contribution in [-0.2, 0) is 6.42 Å². The number of carbonyl (C=O) groups is 1. The van der Waals surface area contributed by atoms with Crippen LogP contribution in [0.2, 0.25) is 0 Å². The molecule has 1 rings (SSSR count). The van der Waals surface area contributed by atoms with Crippen molar-refractivity contribution in [1.29, 1.82) is 0 Å². The molecule has 0 saturated heterocycles. The van der Waals surface area contributed by atoms with Gasteiger partial charge in [-0.3, -0.25) is 4.79 Å².